The van der Waals surface area contributed by atoms with Crippen molar-refractivity contribution < 1.29 is 13.5 Å². The minimum absolute atomic E-state index is 0.0874. The van der Waals surface area contributed by atoms with Crippen molar-refractivity contribution in [3.8, 4) is 0 Å². The smallest absolute Gasteiger partial charge is 0.163 e. The quantitative estimate of drug-likeness (QED) is 0.894. The van der Waals surface area contributed by atoms with Gasteiger partial charge in [-0.3, -0.25) is 4.90 Å². The van der Waals surface area contributed by atoms with Gasteiger partial charge in [-0.25, -0.2) is 8.78 Å². The second kappa shape index (κ2) is 5.73. The van der Waals surface area contributed by atoms with E-state index < -0.39 is 11.6 Å². The van der Waals surface area contributed by atoms with E-state index in [1.165, 1.54) is 6.07 Å². The van der Waals surface area contributed by atoms with Crippen LogP contribution < -0.4 is 5.73 Å². The zero-order valence-corrected chi connectivity index (χ0v) is 10.4. The van der Waals surface area contributed by atoms with Gasteiger partial charge in [-0.2, -0.15) is 0 Å². The van der Waals surface area contributed by atoms with E-state index in [-0.39, 0.29) is 18.7 Å². The Bertz CT molecular complexity index is 414. The molecule has 0 radical (unpaired) electrons. The maximum absolute atomic E-state index is 13.8. The van der Waals surface area contributed by atoms with Gasteiger partial charge >= 0.3 is 0 Å². The molecule has 0 spiro atoms. The van der Waals surface area contributed by atoms with E-state index in [1.54, 1.807) is 6.07 Å². The highest BCUT2D eigenvalue weighted by atomic mass is 19.2. The van der Waals surface area contributed by atoms with E-state index in [0.29, 0.717) is 25.3 Å². The Morgan fingerprint density at radius 1 is 1.50 bits per heavy atom. The summed E-state index contributed by atoms with van der Waals surface area (Å²) in [7, 11) is 0. The van der Waals surface area contributed by atoms with Gasteiger partial charge in [0.05, 0.1) is 18.8 Å². The average Bonchev–Trinajstić information content (AvgIpc) is 2.35. The fourth-order valence-electron chi connectivity index (χ4n) is 2.38. The normalized spacial score (nSPS) is 23.0. The molecule has 2 unspecified atom stereocenters. The number of ether oxygens (including phenoxy) is 1. The summed E-state index contributed by atoms with van der Waals surface area (Å²) in [6.45, 7) is 4.17. The predicted octanol–water partition coefficient (Wildman–Crippen LogP) is 1.69. The molecule has 100 valence electrons. The highest BCUT2D eigenvalue weighted by Gasteiger charge is 2.27. The van der Waals surface area contributed by atoms with Gasteiger partial charge in [-0.15, -0.1) is 0 Å². The highest BCUT2D eigenvalue weighted by molar-refractivity contribution is 5.23. The number of rotatable bonds is 3. The van der Waals surface area contributed by atoms with Crippen molar-refractivity contribution in [3.63, 3.8) is 0 Å². The van der Waals surface area contributed by atoms with Crippen molar-refractivity contribution in [1.29, 1.82) is 0 Å². The Balaban J connectivity index is 2.24. The Labute approximate surface area is 106 Å². The second-order valence-corrected chi connectivity index (χ2v) is 4.57. The maximum atomic E-state index is 13.8. The molecule has 5 heteroatoms. The lowest BCUT2D eigenvalue weighted by atomic mass is 10.0. The molecule has 0 aliphatic carbocycles. The molecular formula is C13H18F2N2O. The minimum Gasteiger partial charge on any atom is -0.376 e. The van der Waals surface area contributed by atoms with E-state index in [2.05, 4.69) is 0 Å². The van der Waals surface area contributed by atoms with Crippen molar-refractivity contribution in [3.05, 3.63) is 35.4 Å². The van der Waals surface area contributed by atoms with Crippen LogP contribution in [0.3, 0.4) is 0 Å². The number of hydrogen-bond acceptors (Lipinski definition) is 3. The lowest BCUT2D eigenvalue weighted by molar-refractivity contribution is -0.0338. The molecule has 18 heavy (non-hydrogen) atoms. The van der Waals surface area contributed by atoms with Crippen LogP contribution in [0, 0.1) is 11.6 Å². The molecule has 1 aromatic rings. The van der Waals surface area contributed by atoms with E-state index in [4.69, 9.17) is 10.5 Å². The third kappa shape index (κ3) is 2.68. The fourth-order valence-corrected chi connectivity index (χ4v) is 2.38. The number of morpholine rings is 1. The molecule has 1 aliphatic heterocycles. The molecule has 2 rings (SSSR count). The summed E-state index contributed by atoms with van der Waals surface area (Å²) < 4.78 is 32.5. The van der Waals surface area contributed by atoms with E-state index >= 15 is 0 Å². The topological polar surface area (TPSA) is 38.5 Å². The zero-order valence-electron chi connectivity index (χ0n) is 10.4. The summed E-state index contributed by atoms with van der Waals surface area (Å²) in [5.74, 6) is -1.63. The van der Waals surface area contributed by atoms with Gasteiger partial charge in [-0.1, -0.05) is 12.1 Å². The first-order valence-corrected chi connectivity index (χ1v) is 6.13. The number of halogens is 2. The third-order valence-corrected chi connectivity index (χ3v) is 3.28. The summed E-state index contributed by atoms with van der Waals surface area (Å²) >= 11 is 0. The van der Waals surface area contributed by atoms with Gasteiger partial charge in [0.15, 0.2) is 11.6 Å². The second-order valence-electron chi connectivity index (χ2n) is 4.57. The van der Waals surface area contributed by atoms with Crippen molar-refractivity contribution >= 4 is 0 Å². The highest BCUT2D eigenvalue weighted by Crippen LogP contribution is 2.25. The molecule has 2 N–H and O–H groups in total. The molecule has 1 fully saturated rings. The van der Waals surface area contributed by atoms with Crippen molar-refractivity contribution in [1.82, 2.24) is 4.90 Å². The van der Waals surface area contributed by atoms with Crippen LogP contribution in [0.25, 0.3) is 0 Å². The van der Waals surface area contributed by atoms with Crippen LogP contribution in [0.1, 0.15) is 18.5 Å². The van der Waals surface area contributed by atoms with Crippen LogP contribution in [-0.2, 0) is 4.74 Å². The third-order valence-electron chi connectivity index (χ3n) is 3.28. The lowest BCUT2D eigenvalue weighted by Crippen LogP contribution is -2.45. The Kier molecular flexibility index (Phi) is 4.27. The Morgan fingerprint density at radius 2 is 2.28 bits per heavy atom. The molecule has 1 saturated heterocycles. The van der Waals surface area contributed by atoms with Crippen LogP contribution in [0.4, 0.5) is 8.78 Å². The van der Waals surface area contributed by atoms with E-state index in [1.807, 2.05) is 11.8 Å². The molecule has 1 aliphatic rings. The van der Waals surface area contributed by atoms with Gasteiger partial charge in [0.25, 0.3) is 0 Å². The minimum atomic E-state index is -0.827. The molecule has 1 heterocycles. The van der Waals surface area contributed by atoms with Crippen molar-refractivity contribution in [2.75, 3.05) is 26.2 Å². The zero-order chi connectivity index (χ0) is 13.1. The SMILES string of the molecule is CC1CN(C(CN)c2cccc(F)c2F)CCO1. The summed E-state index contributed by atoms with van der Waals surface area (Å²) in [5, 5.41) is 0. The summed E-state index contributed by atoms with van der Waals surface area (Å²) in [6.07, 6.45) is 0.0874. The molecule has 2 atom stereocenters. The maximum Gasteiger partial charge on any atom is 0.163 e. The molecule has 0 bridgehead atoms. The van der Waals surface area contributed by atoms with Crippen LogP contribution in [0.5, 0.6) is 0 Å². The monoisotopic (exact) mass is 256 g/mol. The first-order chi connectivity index (χ1) is 8.63. The first kappa shape index (κ1) is 13.4. The molecule has 0 saturated carbocycles. The van der Waals surface area contributed by atoms with Gasteiger partial charge in [-0.05, 0) is 13.0 Å². The number of nitrogens with two attached hydrogens (primary N) is 1. The van der Waals surface area contributed by atoms with Gasteiger partial charge in [0.1, 0.15) is 0 Å². The van der Waals surface area contributed by atoms with Crippen LogP contribution in [0.2, 0.25) is 0 Å². The average molecular weight is 256 g/mol. The fraction of sp³-hybridized carbons (Fsp3) is 0.538. The number of hydrogen-bond donors (Lipinski definition) is 1. The van der Waals surface area contributed by atoms with E-state index in [0.717, 1.165) is 6.07 Å². The molecule has 1 aromatic carbocycles. The first-order valence-electron chi connectivity index (χ1n) is 6.13. The predicted molar refractivity (Wildman–Crippen MR) is 65.1 cm³/mol. The number of nitrogens with zero attached hydrogens (tertiary/aromatic N) is 1. The van der Waals surface area contributed by atoms with Gasteiger partial charge < -0.3 is 10.5 Å². The molecular weight excluding hydrogens is 238 g/mol. The van der Waals surface area contributed by atoms with Crippen LogP contribution in [-0.4, -0.2) is 37.2 Å². The van der Waals surface area contributed by atoms with Gasteiger partial charge in [0.2, 0.25) is 0 Å². The Morgan fingerprint density at radius 3 is 2.94 bits per heavy atom. The van der Waals surface area contributed by atoms with Gasteiger partial charge in [0, 0.05) is 25.2 Å². The molecule has 3 nitrogen and oxygen atoms in total. The summed E-state index contributed by atoms with van der Waals surface area (Å²) in [4.78, 5) is 2.05. The van der Waals surface area contributed by atoms with Crippen LogP contribution >= 0.6 is 0 Å². The molecule has 0 amide bonds. The molecule has 0 aromatic heterocycles. The lowest BCUT2D eigenvalue weighted by Gasteiger charge is -2.37. The van der Waals surface area contributed by atoms with Crippen molar-refractivity contribution in [2.24, 2.45) is 5.73 Å². The van der Waals surface area contributed by atoms with Crippen LogP contribution in [0.15, 0.2) is 18.2 Å². The largest absolute Gasteiger partial charge is 0.376 e. The summed E-state index contributed by atoms with van der Waals surface area (Å²) in [6, 6.07) is 3.93. The van der Waals surface area contributed by atoms with E-state index in [9.17, 15) is 8.78 Å². The number of benzene rings is 1. The summed E-state index contributed by atoms with van der Waals surface area (Å²) in [5.41, 5.74) is 6.05. The standard InChI is InChI=1S/C13H18F2N2O/c1-9-8-17(5-6-18-9)12(7-16)10-3-2-4-11(14)13(10)15/h2-4,9,12H,5-8,16H2,1H3. The van der Waals surface area contributed by atoms with Crippen molar-refractivity contribution in [2.45, 2.75) is 19.1 Å². The Hall–Kier alpha value is -1.04.